The lowest BCUT2D eigenvalue weighted by Crippen LogP contribution is -2.13. The highest BCUT2D eigenvalue weighted by molar-refractivity contribution is 6.18. The van der Waals surface area contributed by atoms with Crippen LogP contribution in [0.3, 0.4) is 0 Å². The first kappa shape index (κ1) is 31.6. The van der Waals surface area contributed by atoms with Gasteiger partial charge in [0.25, 0.3) is 0 Å². The van der Waals surface area contributed by atoms with Crippen molar-refractivity contribution < 1.29 is 4.42 Å². The molecule has 0 aliphatic heterocycles. The molecule has 0 aliphatic carbocycles. The van der Waals surface area contributed by atoms with E-state index >= 15 is 0 Å². The Morgan fingerprint density at radius 1 is 0.315 bits per heavy atom. The average Bonchev–Trinajstić information content (AvgIpc) is 3.65. The molecule has 0 aliphatic rings. The van der Waals surface area contributed by atoms with Crippen LogP contribution >= 0.6 is 0 Å². The van der Waals surface area contributed by atoms with Crippen molar-refractivity contribution in [3.63, 3.8) is 0 Å². The Balaban J connectivity index is 1.25. The monoisotopic (exact) mass is 689 g/mol. The summed E-state index contributed by atoms with van der Waals surface area (Å²) in [5, 5.41) is 4.60. The number of nitrogens with zero attached hydrogens (tertiary/aromatic N) is 1. The zero-order chi connectivity index (χ0) is 35.8. The van der Waals surface area contributed by atoms with Crippen LogP contribution in [0.5, 0.6) is 0 Å². The van der Waals surface area contributed by atoms with Crippen LogP contribution in [0.25, 0.3) is 77.2 Å². The summed E-state index contributed by atoms with van der Waals surface area (Å²) in [6.07, 6.45) is 0. The first-order valence-electron chi connectivity index (χ1n) is 18.4. The highest BCUT2D eigenvalue weighted by Crippen LogP contribution is 2.50. The first-order valence-corrected chi connectivity index (χ1v) is 18.4. The SMILES string of the molecule is c1ccc(-c2ccc(-c3ccccc3N(c3ccccc3-c3ccc4ccccc4c3)c3ccc(-c4ccccc4)c4oc5ccccc5c34)cc2)cc1. The van der Waals surface area contributed by atoms with Crippen molar-refractivity contribution in [3.8, 4) is 44.5 Å². The van der Waals surface area contributed by atoms with Crippen molar-refractivity contribution in [1.29, 1.82) is 0 Å². The summed E-state index contributed by atoms with van der Waals surface area (Å²) in [4.78, 5) is 2.45. The Morgan fingerprint density at radius 2 is 0.833 bits per heavy atom. The molecule has 2 heteroatoms. The van der Waals surface area contributed by atoms with Crippen molar-refractivity contribution in [1.82, 2.24) is 0 Å². The number of hydrogen-bond acceptors (Lipinski definition) is 2. The molecular weight excluding hydrogens is 655 g/mol. The molecule has 0 saturated heterocycles. The van der Waals surface area contributed by atoms with Gasteiger partial charge < -0.3 is 9.32 Å². The van der Waals surface area contributed by atoms with Crippen LogP contribution in [0.1, 0.15) is 0 Å². The summed E-state index contributed by atoms with van der Waals surface area (Å²) in [6.45, 7) is 0. The summed E-state index contributed by atoms with van der Waals surface area (Å²) in [5.74, 6) is 0. The molecule has 54 heavy (non-hydrogen) atoms. The number of para-hydroxylation sites is 3. The highest BCUT2D eigenvalue weighted by atomic mass is 16.3. The Kier molecular flexibility index (Phi) is 7.85. The molecule has 0 bridgehead atoms. The van der Waals surface area contributed by atoms with E-state index in [2.05, 4.69) is 211 Å². The molecule has 0 amide bonds. The average molecular weight is 690 g/mol. The van der Waals surface area contributed by atoms with Crippen molar-refractivity contribution >= 4 is 49.8 Å². The second kappa shape index (κ2) is 13.4. The zero-order valence-electron chi connectivity index (χ0n) is 29.6. The third-order valence-corrected chi connectivity index (χ3v) is 10.5. The van der Waals surface area contributed by atoms with Gasteiger partial charge in [-0.15, -0.1) is 0 Å². The summed E-state index contributed by atoms with van der Waals surface area (Å²) < 4.78 is 6.81. The minimum atomic E-state index is 0.865. The Hall–Kier alpha value is -7.16. The molecule has 254 valence electrons. The van der Waals surface area contributed by atoms with Crippen LogP contribution in [0.4, 0.5) is 17.1 Å². The quantitative estimate of drug-likeness (QED) is 0.166. The molecule has 1 aromatic heterocycles. The number of furan rings is 1. The number of anilines is 3. The molecule has 0 atom stereocenters. The van der Waals surface area contributed by atoms with Crippen LogP contribution < -0.4 is 4.90 Å². The van der Waals surface area contributed by atoms with E-state index in [1.807, 2.05) is 6.07 Å². The van der Waals surface area contributed by atoms with Crippen LogP contribution in [0.2, 0.25) is 0 Å². The van der Waals surface area contributed by atoms with Gasteiger partial charge >= 0.3 is 0 Å². The molecule has 0 fully saturated rings. The summed E-state index contributed by atoms with van der Waals surface area (Å²) in [6, 6.07) is 75.9. The van der Waals surface area contributed by atoms with Crippen molar-refractivity contribution in [2.45, 2.75) is 0 Å². The van der Waals surface area contributed by atoms with E-state index in [-0.39, 0.29) is 0 Å². The Labute approximate surface area is 314 Å². The number of benzene rings is 9. The van der Waals surface area contributed by atoms with E-state index in [0.717, 1.165) is 72.4 Å². The highest BCUT2D eigenvalue weighted by Gasteiger charge is 2.25. The van der Waals surface area contributed by atoms with Gasteiger partial charge in [-0.05, 0) is 75.0 Å². The minimum absolute atomic E-state index is 0.865. The van der Waals surface area contributed by atoms with Crippen LogP contribution in [-0.2, 0) is 0 Å². The standard InChI is InChI=1S/C52H35NO/c1-3-15-36(16-4-1)38-27-30-40(31-28-38)43-21-9-12-24-47(43)53(48-25-13-10-22-44(48)42-32-29-37-17-7-8-20-41(37)35-42)49-34-33-45(39-18-5-2-6-19-39)52-51(49)46-23-11-14-26-50(46)54-52/h1-35H. The lowest BCUT2D eigenvalue weighted by atomic mass is 9.95. The van der Waals surface area contributed by atoms with E-state index < -0.39 is 0 Å². The molecule has 2 nitrogen and oxygen atoms in total. The minimum Gasteiger partial charge on any atom is -0.455 e. The van der Waals surface area contributed by atoms with Crippen molar-refractivity contribution in [2.75, 3.05) is 4.90 Å². The van der Waals surface area contributed by atoms with Gasteiger partial charge in [-0.1, -0.05) is 176 Å². The molecule has 0 radical (unpaired) electrons. The fourth-order valence-electron chi connectivity index (χ4n) is 7.89. The van der Waals surface area contributed by atoms with E-state index in [4.69, 9.17) is 4.42 Å². The first-order chi connectivity index (χ1) is 26.8. The predicted molar refractivity (Wildman–Crippen MR) is 228 cm³/mol. The molecule has 10 aromatic rings. The summed E-state index contributed by atoms with van der Waals surface area (Å²) in [7, 11) is 0. The number of rotatable bonds is 7. The van der Waals surface area contributed by atoms with E-state index in [9.17, 15) is 0 Å². The second-order valence-electron chi connectivity index (χ2n) is 13.7. The van der Waals surface area contributed by atoms with Gasteiger partial charge in [0.1, 0.15) is 11.2 Å². The lowest BCUT2D eigenvalue weighted by molar-refractivity contribution is 0.670. The maximum absolute atomic E-state index is 6.81. The molecule has 0 saturated carbocycles. The predicted octanol–water partition coefficient (Wildman–Crippen LogP) is 14.9. The summed E-state index contributed by atoms with van der Waals surface area (Å²) >= 11 is 0. The van der Waals surface area contributed by atoms with E-state index in [1.54, 1.807) is 0 Å². The van der Waals surface area contributed by atoms with Crippen LogP contribution in [0.15, 0.2) is 217 Å². The van der Waals surface area contributed by atoms with Gasteiger partial charge in [-0.3, -0.25) is 0 Å². The molecular formula is C52H35NO. The van der Waals surface area contributed by atoms with Gasteiger partial charge in [0, 0.05) is 22.1 Å². The molecule has 1 heterocycles. The Bertz CT molecular complexity index is 2920. The maximum atomic E-state index is 6.81. The van der Waals surface area contributed by atoms with Gasteiger partial charge in [-0.25, -0.2) is 0 Å². The maximum Gasteiger partial charge on any atom is 0.145 e. The van der Waals surface area contributed by atoms with Gasteiger partial charge in [0.05, 0.1) is 22.4 Å². The number of fused-ring (bicyclic) bond motifs is 4. The third-order valence-electron chi connectivity index (χ3n) is 10.5. The van der Waals surface area contributed by atoms with Crippen molar-refractivity contribution in [3.05, 3.63) is 212 Å². The second-order valence-corrected chi connectivity index (χ2v) is 13.7. The molecule has 9 aromatic carbocycles. The topological polar surface area (TPSA) is 16.4 Å². The fourth-order valence-corrected chi connectivity index (χ4v) is 7.89. The third kappa shape index (κ3) is 5.53. The normalized spacial score (nSPS) is 11.3. The summed E-state index contributed by atoms with van der Waals surface area (Å²) in [5.41, 5.74) is 14.1. The van der Waals surface area contributed by atoms with E-state index in [1.165, 1.54) is 21.9 Å². The molecule has 10 rings (SSSR count). The van der Waals surface area contributed by atoms with Gasteiger partial charge in [-0.2, -0.15) is 0 Å². The zero-order valence-corrected chi connectivity index (χ0v) is 29.6. The van der Waals surface area contributed by atoms with Crippen LogP contribution in [-0.4, -0.2) is 0 Å². The molecule has 0 spiro atoms. The van der Waals surface area contributed by atoms with Gasteiger partial charge in [0.15, 0.2) is 0 Å². The largest absolute Gasteiger partial charge is 0.455 e. The van der Waals surface area contributed by atoms with Crippen molar-refractivity contribution in [2.24, 2.45) is 0 Å². The fraction of sp³-hybridized carbons (Fsp3) is 0. The van der Waals surface area contributed by atoms with E-state index in [0.29, 0.717) is 0 Å². The van der Waals surface area contributed by atoms with Crippen LogP contribution in [0, 0.1) is 0 Å². The smallest absolute Gasteiger partial charge is 0.145 e. The number of hydrogen-bond donors (Lipinski definition) is 0. The molecule has 0 unspecified atom stereocenters. The van der Waals surface area contributed by atoms with Gasteiger partial charge in [0.2, 0.25) is 0 Å². The molecule has 0 N–H and O–H groups in total. The Morgan fingerprint density at radius 3 is 1.57 bits per heavy atom. The lowest BCUT2D eigenvalue weighted by Gasteiger charge is -2.30.